The summed E-state index contributed by atoms with van der Waals surface area (Å²) in [6.07, 6.45) is 0. The van der Waals surface area contributed by atoms with Gasteiger partial charge in [-0.3, -0.25) is 4.72 Å². The van der Waals surface area contributed by atoms with Crippen molar-refractivity contribution >= 4 is 50.3 Å². The zero-order valence-electron chi connectivity index (χ0n) is 7.78. The number of thiocarbonyl (C=S) groups is 1. The first-order chi connectivity index (χ1) is 6.95. The van der Waals surface area contributed by atoms with Gasteiger partial charge in [-0.05, 0) is 31.3 Å². The van der Waals surface area contributed by atoms with Crippen LogP contribution in [0, 0.1) is 0 Å². The minimum atomic E-state index is -3.58. The number of sulfonamides is 1. The molecule has 1 aromatic rings. The van der Waals surface area contributed by atoms with E-state index < -0.39 is 10.0 Å². The first-order valence-corrected chi connectivity index (χ1v) is 7.10. The fraction of sp³-hybridized carbons (Fsp3) is 0.286. The van der Waals surface area contributed by atoms with Gasteiger partial charge in [0.25, 0.3) is 10.0 Å². The van der Waals surface area contributed by atoms with Crippen LogP contribution in [0.15, 0.2) is 16.3 Å². The van der Waals surface area contributed by atoms with Gasteiger partial charge in [-0.1, -0.05) is 11.6 Å². The molecule has 0 aliphatic heterocycles. The maximum absolute atomic E-state index is 11.6. The number of nitrogens with one attached hydrogen (secondary N) is 2. The van der Waals surface area contributed by atoms with Crippen molar-refractivity contribution in [2.75, 3.05) is 6.54 Å². The van der Waals surface area contributed by atoms with Gasteiger partial charge in [0, 0.05) is 6.54 Å². The van der Waals surface area contributed by atoms with Crippen molar-refractivity contribution in [3.05, 3.63) is 16.5 Å². The van der Waals surface area contributed by atoms with Gasteiger partial charge >= 0.3 is 0 Å². The molecule has 0 aliphatic carbocycles. The van der Waals surface area contributed by atoms with Crippen LogP contribution in [0.4, 0.5) is 0 Å². The zero-order valence-corrected chi connectivity index (χ0v) is 11.0. The van der Waals surface area contributed by atoms with Crippen LogP contribution < -0.4 is 10.0 Å². The molecule has 0 aromatic carbocycles. The van der Waals surface area contributed by atoms with Crippen molar-refractivity contribution in [3.63, 3.8) is 0 Å². The first-order valence-electron chi connectivity index (χ1n) is 4.01. The molecule has 0 saturated heterocycles. The highest BCUT2D eigenvalue weighted by Crippen LogP contribution is 2.25. The van der Waals surface area contributed by atoms with Crippen LogP contribution in [0.2, 0.25) is 4.34 Å². The monoisotopic (exact) mass is 284 g/mol. The van der Waals surface area contributed by atoms with Gasteiger partial charge < -0.3 is 5.32 Å². The van der Waals surface area contributed by atoms with Crippen molar-refractivity contribution in [1.29, 1.82) is 0 Å². The van der Waals surface area contributed by atoms with E-state index in [1.807, 2.05) is 6.92 Å². The Hall–Kier alpha value is -0.370. The Balaban J connectivity index is 2.81. The fourth-order valence-electron chi connectivity index (χ4n) is 0.811. The Morgan fingerprint density at radius 1 is 1.60 bits per heavy atom. The second-order valence-electron chi connectivity index (χ2n) is 2.52. The molecule has 0 amide bonds. The van der Waals surface area contributed by atoms with E-state index in [9.17, 15) is 8.42 Å². The standard InChI is InChI=1S/C7H9ClN2O2S3/c1-2-9-7(13)10-15(11,12)6-4-3-5(8)14-6/h3-4H,2H2,1H3,(H2,9,10,13). The summed E-state index contributed by atoms with van der Waals surface area (Å²) in [6.45, 7) is 2.38. The Labute approximate surface area is 103 Å². The summed E-state index contributed by atoms with van der Waals surface area (Å²) >= 11 is 11.4. The van der Waals surface area contributed by atoms with E-state index in [2.05, 4.69) is 10.0 Å². The number of rotatable bonds is 3. The van der Waals surface area contributed by atoms with Crippen LogP contribution in [0.5, 0.6) is 0 Å². The predicted molar refractivity (Wildman–Crippen MR) is 65.9 cm³/mol. The van der Waals surface area contributed by atoms with Gasteiger partial charge in [-0.15, -0.1) is 11.3 Å². The summed E-state index contributed by atoms with van der Waals surface area (Å²) in [4.78, 5) is 0. The molecule has 1 rings (SSSR count). The lowest BCUT2D eigenvalue weighted by atomic mass is 10.7. The molecule has 0 unspecified atom stereocenters. The Morgan fingerprint density at radius 2 is 2.27 bits per heavy atom. The van der Waals surface area contributed by atoms with Gasteiger partial charge in [-0.2, -0.15) is 0 Å². The fourth-order valence-corrected chi connectivity index (χ4v) is 3.70. The Morgan fingerprint density at radius 3 is 2.73 bits per heavy atom. The minimum Gasteiger partial charge on any atom is -0.362 e. The molecule has 4 nitrogen and oxygen atoms in total. The number of hydrogen-bond acceptors (Lipinski definition) is 4. The highest BCUT2D eigenvalue weighted by atomic mass is 35.5. The number of hydrogen-bond donors (Lipinski definition) is 2. The lowest BCUT2D eigenvalue weighted by Crippen LogP contribution is -2.38. The van der Waals surface area contributed by atoms with Gasteiger partial charge in [0.05, 0.1) is 4.34 Å². The molecular weight excluding hydrogens is 276 g/mol. The second kappa shape index (κ2) is 5.11. The molecule has 8 heteroatoms. The lowest BCUT2D eigenvalue weighted by molar-refractivity contribution is 0.594. The molecule has 0 radical (unpaired) electrons. The zero-order chi connectivity index (χ0) is 11.5. The van der Waals surface area contributed by atoms with Gasteiger partial charge in [0.2, 0.25) is 0 Å². The van der Waals surface area contributed by atoms with Gasteiger partial charge in [0.15, 0.2) is 5.11 Å². The van der Waals surface area contributed by atoms with Crippen LogP contribution in [-0.4, -0.2) is 20.1 Å². The topological polar surface area (TPSA) is 58.2 Å². The van der Waals surface area contributed by atoms with E-state index in [1.165, 1.54) is 12.1 Å². The second-order valence-corrected chi connectivity index (χ2v) is 6.56. The maximum atomic E-state index is 11.6. The highest BCUT2D eigenvalue weighted by molar-refractivity contribution is 7.93. The first kappa shape index (κ1) is 12.7. The van der Waals surface area contributed by atoms with Crippen molar-refractivity contribution in [1.82, 2.24) is 10.0 Å². The van der Waals surface area contributed by atoms with Crippen LogP contribution in [0.1, 0.15) is 6.92 Å². The van der Waals surface area contributed by atoms with Gasteiger partial charge in [0.1, 0.15) is 4.21 Å². The molecule has 1 heterocycles. The highest BCUT2D eigenvalue weighted by Gasteiger charge is 2.17. The van der Waals surface area contributed by atoms with E-state index in [4.69, 9.17) is 23.8 Å². The van der Waals surface area contributed by atoms with Crippen LogP contribution in [0.25, 0.3) is 0 Å². The molecular formula is C7H9ClN2O2S3. The van der Waals surface area contributed by atoms with Gasteiger partial charge in [-0.25, -0.2) is 8.42 Å². The average Bonchev–Trinajstić information content (AvgIpc) is 2.51. The molecule has 0 bridgehead atoms. The lowest BCUT2D eigenvalue weighted by Gasteiger charge is -2.07. The van der Waals surface area contributed by atoms with Crippen LogP contribution >= 0.6 is 35.2 Å². The van der Waals surface area contributed by atoms with Crippen molar-refractivity contribution in [3.8, 4) is 0 Å². The summed E-state index contributed by atoms with van der Waals surface area (Å²) in [7, 11) is -3.58. The van der Waals surface area contributed by atoms with E-state index in [-0.39, 0.29) is 9.32 Å². The Kier molecular flexibility index (Phi) is 4.32. The largest absolute Gasteiger partial charge is 0.362 e. The SMILES string of the molecule is CCNC(=S)NS(=O)(=O)c1ccc(Cl)s1. The van der Waals surface area contributed by atoms with E-state index in [1.54, 1.807) is 0 Å². The third-order valence-corrected chi connectivity index (χ3v) is 4.83. The molecule has 15 heavy (non-hydrogen) atoms. The van der Waals surface area contributed by atoms with Crippen LogP contribution in [0.3, 0.4) is 0 Å². The smallest absolute Gasteiger partial charge is 0.273 e. The van der Waals surface area contributed by atoms with E-state index >= 15 is 0 Å². The summed E-state index contributed by atoms with van der Waals surface area (Å²) in [5, 5.41) is 2.78. The maximum Gasteiger partial charge on any atom is 0.273 e. The molecule has 0 atom stereocenters. The Bertz CT molecular complexity index is 455. The van der Waals surface area contributed by atoms with Crippen molar-refractivity contribution < 1.29 is 8.42 Å². The molecule has 0 aliphatic rings. The molecule has 0 fully saturated rings. The molecule has 0 spiro atoms. The summed E-state index contributed by atoms with van der Waals surface area (Å²) in [6, 6.07) is 2.96. The molecule has 1 aromatic heterocycles. The normalized spacial score (nSPS) is 11.1. The summed E-state index contributed by atoms with van der Waals surface area (Å²) < 4.78 is 26.1. The number of thiophene rings is 1. The quantitative estimate of drug-likeness (QED) is 0.828. The van der Waals surface area contributed by atoms with E-state index in [0.29, 0.717) is 10.9 Å². The van der Waals surface area contributed by atoms with Crippen molar-refractivity contribution in [2.24, 2.45) is 0 Å². The predicted octanol–water partition coefficient (Wildman–Crippen LogP) is 1.57. The van der Waals surface area contributed by atoms with E-state index in [0.717, 1.165) is 11.3 Å². The van der Waals surface area contributed by atoms with Crippen molar-refractivity contribution in [2.45, 2.75) is 11.1 Å². The summed E-state index contributed by atoms with van der Waals surface area (Å²) in [5.41, 5.74) is 0. The molecule has 2 N–H and O–H groups in total. The third-order valence-electron chi connectivity index (χ3n) is 1.38. The average molecular weight is 285 g/mol. The number of halogens is 1. The third kappa shape index (κ3) is 3.60. The summed E-state index contributed by atoms with van der Waals surface area (Å²) in [5.74, 6) is 0. The minimum absolute atomic E-state index is 0.0852. The van der Waals surface area contributed by atoms with Crippen LogP contribution in [-0.2, 0) is 10.0 Å². The molecule has 0 saturated carbocycles. The molecule has 84 valence electrons.